The van der Waals surface area contributed by atoms with Crippen molar-refractivity contribution >= 4 is 5.91 Å². The van der Waals surface area contributed by atoms with Gasteiger partial charge in [-0.2, -0.15) is 18.3 Å². The number of halogens is 3. The lowest BCUT2D eigenvalue weighted by Gasteiger charge is -2.27. The highest BCUT2D eigenvalue weighted by molar-refractivity contribution is 5.92. The summed E-state index contributed by atoms with van der Waals surface area (Å²) in [6.07, 6.45) is -1.34. The van der Waals surface area contributed by atoms with Crippen LogP contribution in [0.2, 0.25) is 0 Å². The molecule has 1 fully saturated rings. The fourth-order valence-corrected chi connectivity index (χ4v) is 3.00. The maximum absolute atomic E-state index is 12.7. The maximum atomic E-state index is 12.7. The molecule has 1 atom stereocenters. The van der Waals surface area contributed by atoms with Crippen LogP contribution in [0.4, 0.5) is 13.2 Å². The summed E-state index contributed by atoms with van der Waals surface area (Å²) in [4.78, 5) is 14.0. The number of hydrogen-bond donors (Lipinski definition) is 1. The number of carbonyl (C=O) groups excluding carboxylic acids is 1. The molecule has 1 aliphatic heterocycles. The number of nitrogens with one attached hydrogen (secondary N) is 1. The van der Waals surface area contributed by atoms with Gasteiger partial charge in [-0.1, -0.05) is 6.07 Å². The molecule has 0 aliphatic carbocycles. The first kappa shape index (κ1) is 20.2. The summed E-state index contributed by atoms with van der Waals surface area (Å²) in [6.45, 7) is 1.17. The number of nitrogens with zero attached hydrogens (tertiary/aromatic N) is 2. The molecule has 152 valence electrons. The zero-order valence-corrected chi connectivity index (χ0v) is 15.5. The number of ether oxygens (including phenoxy) is 2. The van der Waals surface area contributed by atoms with Crippen LogP contribution in [0.1, 0.15) is 41.0 Å². The monoisotopic (exact) mass is 397 g/mol. The topological polar surface area (TPSA) is 67.4 Å². The predicted octanol–water partition coefficient (Wildman–Crippen LogP) is 3.65. The van der Waals surface area contributed by atoms with Crippen molar-refractivity contribution in [1.82, 2.24) is 15.1 Å². The summed E-state index contributed by atoms with van der Waals surface area (Å²) in [5.41, 5.74) is -0.0685. The highest BCUT2D eigenvalue weighted by Gasteiger charge is 2.30. The summed E-state index contributed by atoms with van der Waals surface area (Å²) in [5.74, 6) is -0.167. The number of benzene rings is 1. The lowest BCUT2D eigenvalue weighted by atomic mass is 10.1. The lowest BCUT2D eigenvalue weighted by Crippen LogP contribution is -2.37. The SMILES string of the molecule is CN(CC1CCCCO1)C(=O)c1cc(COc2cccc(C(F)(F)F)c2)[nH]n1. The Bertz CT molecular complexity index is 801. The van der Waals surface area contributed by atoms with Gasteiger partial charge in [0.05, 0.1) is 17.4 Å². The van der Waals surface area contributed by atoms with Crippen LogP contribution >= 0.6 is 0 Å². The zero-order chi connectivity index (χ0) is 20.1. The molecule has 1 aromatic carbocycles. The molecule has 1 saturated heterocycles. The molecule has 0 spiro atoms. The number of aromatic nitrogens is 2. The second-order valence-electron chi connectivity index (χ2n) is 6.77. The van der Waals surface area contributed by atoms with Crippen molar-refractivity contribution in [2.75, 3.05) is 20.2 Å². The van der Waals surface area contributed by atoms with E-state index in [0.29, 0.717) is 18.8 Å². The first-order chi connectivity index (χ1) is 13.3. The summed E-state index contributed by atoms with van der Waals surface area (Å²) in [6, 6.07) is 6.16. The molecule has 1 amide bonds. The number of H-pyrrole nitrogens is 1. The van der Waals surface area contributed by atoms with Gasteiger partial charge in [-0.3, -0.25) is 9.89 Å². The first-order valence-corrected chi connectivity index (χ1v) is 9.04. The van der Waals surface area contributed by atoms with Crippen LogP contribution in [0.15, 0.2) is 30.3 Å². The Kier molecular flexibility index (Phi) is 6.23. The third kappa shape index (κ3) is 5.25. The molecule has 9 heteroatoms. The van der Waals surface area contributed by atoms with Gasteiger partial charge in [0.25, 0.3) is 5.91 Å². The average Bonchev–Trinajstić information content (AvgIpc) is 3.15. The zero-order valence-electron chi connectivity index (χ0n) is 15.5. The van der Waals surface area contributed by atoms with E-state index in [0.717, 1.165) is 31.4 Å². The van der Waals surface area contributed by atoms with Crippen LogP contribution < -0.4 is 4.74 Å². The van der Waals surface area contributed by atoms with Gasteiger partial charge in [-0.05, 0) is 43.5 Å². The Morgan fingerprint density at radius 2 is 2.18 bits per heavy atom. The standard InChI is InChI=1S/C19H22F3N3O3/c1-25(11-16-6-2-3-8-27-16)18(26)17-10-14(23-24-17)12-28-15-7-4-5-13(9-15)19(20,21)22/h4-5,7,9-10,16H,2-3,6,8,11-12H2,1H3,(H,23,24). The second-order valence-corrected chi connectivity index (χ2v) is 6.77. The molecule has 2 aromatic rings. The minimum absolute atomic E-state index is 0.0307. The Morgan fingerprint density at radius 1 is 1.36 bits per heavy atom. The van der Waals surface area contributed by atoms with Crippen LogP contribution in [0.25, 0.3) is 0 Å². The minimum Gasteiger partial charge on any atom is -0.487 e. The predicted molar refractivity (Wildman–Crippen MR) is 94.9 cm³/mol. The summed E-state index contributed by atoms with van der Waals surface area (Å²) in [7, 11) is 1.69. The maximum Gasteiger partial charge on any atom is 0.416 e. The number of aromatic amines is 1. The van der Waals surface area contributed by atoms with E-state index in [4.69, 9.17) is 9.47 Å². The van der Waals surface area contributed by atoms with Crippen LogP contribution in [-0.4, -0.2) is 47.3 Å². The second kappa shape index (κ2) is 8.64. The molecule has 6 nitrogen and oxygen atoms in total. The first-order valence-electron chi connectivity index (χ1n) is 9.04. The van der Waals surface area contributed by atoms with Gasteiger partial charge in [0, 0.05) is 20.2 Å². The summed E-state index contributed by atoms with van der Waals surface area (Å²) >= 11 is 0. The third-order valence-electron chi connectivity index (χ3n) is 4.50. The number of amides is 1. The largest absolute Gasteiger partial charge is 0.487 e. The highest BCUT2D eigenvalue weighted by Crippen LogP contribution is 2.31. The number of hydrogen-bond acceptors (Lipinski definition) is 4. The fraction of sp³-hybridized carbons (Fsp3) is 0.474. The van der Waals surface area contributed by atoms with E-state index < -0.39 is 11.7 Å². The normalized spacial score (nSPS) is 17.4. The van der Waals surface area contributed by atoms with Gasteiger partial charge in [0.2, 0.25) is 0 Å². The van der Waals surface area contributed by atoms with E-state index >= 15 is 0 Å². The van der Waals surface area contributed by atoms with Crippen molar-refractivity contribution in [3.63, 3.8) is 0 Å². The molecule has 1 N–H and O–H groups in total. The Hall–Kier alpha value is -2.55. The van der Waals surface area contributed by atoms with Crippen molar-refractivity contribution < 1.29 is 27.4 Å². The molecule has 0 saturated carbocycles. The van der Waals surface area contributed by atoms with Gasteiger partial charge in [0.1, 0.15) is 12.4 Å². The summed E-state index contributed by atoms with van der Waals surface area (Å²) in [5, 5.41) is 6.67. The molecule has 3 rings (SSSR count). The van der Waals surface area contributed by atoms with Gasteiger partial charge in [-0.15, -0.1) is 0 Å². The number of carbonyl (C=O) groups is 1. The molecule has 1 unspecified atom stereocenters. The molecule has 1 aromatic heterocycles. The number of rotatable bonds is 6. The minimum atomic E-state index is -4.43. The van der Waals surface area contributed by atoms with E-state index in [-0.39, 0.29) is 30.1 Å². The molecule has 28 heavy (non-hydrogen) atoms. The Morgan fingerprint density at radius 3 is 2.89 bits per heavy atom. The molecule has 2 heterocycles. The van der Waals surface area contributed by atoms with Crippen molar-refractivity contribution in [2.45, 2.75) is 38.1 Å². The molecular weight excluding hydrogens is 375 g/mol. The van der Waals surface area contributed by atoms with Crippen LogP contribution in [0.3, 0.4) is 0 Å². The lowest BCUT2D eigenvalue weighted by molar-refractivity contribution is -0.137. The Balaban J connectivity index is 1.55. The van der Waals surface area contributed by atoms with E-state index in [1.807, 2.05) is 0 Å². The van der Waals surface area contributed by atoms with Crippen LogP contribution in [-0.2, 0) is 17.5 Å². The van der Waals surface area contributed by atoms with E-state index in [9.17, 15) is 18.0 Å². The smallest absolute Gasteiger partial charge is 0.416 e. The van der Waals surface area contributed by atoms with E-state index in [1.54, 1.807) is 11.9 Å². The van der Waals surface area contributed by atoms with Gasteiger partial charge in [-0.25, -0.2) is 0 Å². The third-order valence-corrected chi connectivity index (χ3v) is 4.50. The van der Waals surface area contributed by atoms with Gasteiger partial charge >= 0.3 is 6.18 Å². The molecule has 0 radical (unpaired) electrons. The van der Waals surface area contributed by atoms with Crippen LogP contribution in [0, 0.1) is 0 Å². The molecule has 1 aliphatic rings. The van der Waals surface area contributed by atoms with Gasteiger partial charge < -0.3 is 14.4 Å². The van der Waals surface area contributed by atoms with Gasteiger partial charge in [0.15, 0.2) is 5.69 Å². The van der Waals surface area contributed by atoms with Crippen LogP contribution in [0.5, 0.6) is 5.75 Å². The fourth-order valence-electron chi connectivity index (χ4n) is 3.00. The Labute approximate surface area is 160 Å². The number of alkyl halides is 3. The number of likely N-dealkylation sites (N-methyl/N-ethyl adjacent to an activating group) is 1. The van der Waals surface area contributed by atoms with Crippen molar-refractivity contribution in [3.8, 4) is 5.75 Å². The van der Waals surface area contributed by atoms with Crippen molar-refractivity contribution in [1.29, 1.82) is 0 Å². The average molecular weight is 397 g/mol. The molecular formula is C19H22F3N3O3. The van der Waals surface area contributed by atoms with Crippen molar-refractivity contribution in [2.24, 2.45) is 0 Å². The van der Waals surface area contributed by atoms with E-state index in [1.165, 1.54) is 18.2 Å². The summed E-state index contributed by atoms with van der Waals surface area (Å²) < 4.78 is 49.3. The van der Waals surface area contributed by atoms with E-state index in [2.05, 4.69) is 10.2 Å². The van der Waals surface area contributed by atoms with Crippen molar-refractivity contribution in [3.05, 3.63) is 47.3 Å². The molecule has 0 bridgehead atoms. The quantitative estimate of drug-likeness (QED) is 0.808. The highest BCUT2D eigenvalue weighted by atomic mass is 19.4.